The highest BCUT2D eigenvalue weighted by Crippen LogP contribution is 2.16. The van der Waals surface area contributed by atoms with E-state index in [9.17, 15) is 14.7 Å². The second-order valence-corrected chi connectivity index (χ2v) is 4.96. The maximum Gasteiger partial charge on any atom is 0.407 e. The quantitative estimate of drug-likeness (QED) is 0.765. The number of likely N-dealkylation sites (tertiary alicyclic amines) is 1. The molecule has 1 fully saturated rings. The molecule has 0 aliphatic carbocycles. The summed E-state index contributed by atoms with van der Waals surface area (Å²) in [6.07, 6.45) is -2.42. The van der Waals surface area contributed by atoms with E-state index in [1.54, 1.807) is 0 Å². The second-order valence-electron chi connectivity index (χ2n) is 4.96. The minimum atomic E-state index is -1.07. The predicted octanol–water partition coefficient (Wildman–Crippen LogP) is 0.883. The van der Waals surface area contributed by atoms with Gasteiger partial charge in [-0.15, -0.1) is 0 Å². The van der Waals surface area contributed by atoms with E-state index in [-0.39, 0.29) is 32.2 Å². The highest BCUT2D eigenvalue weighted by molar-refractivity contribution is 5.67. The van der Waals surface area contributed by atoms with E-state index in [2.05, 4.69) is 5.32 Å². The van der Waals surface area contributed by atoms with E-state index < -0.39 is 18.3 Å². The topological polar surface area (TPSA) is 99.1 Å². The van der Waals surface area contributed by atoms with Crippen molar-refractivity contribution >= 4 is 12.2 Å². The number of rotatable bonds is 4. The van der Waals surface area contributed by atoms with E-state index in [1.165, 1.54) is 0 Å². The molecule has 21 heavy (non-hydrogen) atoms. The molecule has 1 aliphatic heterocycles. The molecule has 2 rings (SSSR count). The minimum Gasteiger partial charge on any atom is -0.465 e. The first-order valence-electron chi connectivity index (χ1n) is 6.66. The zero-order chi connectivity index (χ0) is 15.2. The molecule has 1 aromatic rings. The lowest BCUT2D eigenvalue weighted by Crippen LogP contribution is -2.34. The SMILES string of the molecule is O=C(NCC1CN(C(=O)O)C[C@H]1O)OCc1ccccc1. The summed E-state index contributed by atoms with van der Waals surface area (Å²) < 4.78 is 5.04. The first-order chi connectivity index (χ1) is 10.1. The number of β-amino-alcohol motifs (C(OH)–C–C–N with tert-alkyl or cyclic N) is 1. The molecule has 7 nitrogen and oxygen atoms in total. The van der Waals surface area contributed by atoms with Gasteiger partial charge in [0.15, 0.2) is 0 Å². The number of alkyl carbamates (subject to hydrolysis) is 1. The standard InChI is InChI=1S/C14H18N2O5/c17-12-8-16(14(19)20)7-11(12)6-15-13(18)21-9-10-4-2-1-3-5-10/h1-5,11-12,17H,6-9H2,(H,15,18)(H,19,20)/t11?,12-/m1/s1. The number of hydrogen-bond donors (Lipinski definition) is 3. The van der Waals surface area contributed by atoms with Gasteiger partial charge >= 0.3 is 12.2 Å². The summed E-state index contributed by atoms with van der Waals surface area (Å²) in [6.45, 7) is 0.621. The highest BCUT2D eigenvalue weighted by atomic mass is 16.5. The first kappa shape index (κ1) is 15.1. The van der Waals surface area contributed by atoms with Crippen LogP contribution in [0.4, 0.5) is 9.59 Å². The zero-order valence-electron chi connectivity index (χ0n) is 11.4. The maximum absolute atomic E-state index is 11.6. The second kappa shape index (κ2) is 6.94. The van der Waals surface area contributed by atoms with Crippen LogP contribution in [0.25, 0.3) is 0 Å². The molecule has 0 radical (unpaired) electrons. The number of benzene rings is 1. The summed E-state index contributed by atoms with van der Waals surface area (Å²) in [5.74, 6) is -0.314. The van der Waals surface area contributed by atoms with E-state index in [0.717, 1.165) is 10.5 Å². The van der Waals surface area contributed by atoms with Crippen molar-refractivity contribution in [1.29, 1.82) is 0 Å². The zero-order valence-corrected chi connectivity index (χ0v) is 11.4. The van der Waals surface area contributed by atoms with Gasteiger partial charge in [0.25, 0.3) is 0 Å². The molecule has 0 spiro atoms. The highest BCUT2D eigenvalue weighted by Gasteiger charge is 2.34. The fourth-order valence-electron chi connectivity index (χ4n) is 2.20. The van der Waals surface area contributed by atoms with Crippen LogP contribution >= 0.6 is 0 Å². The Morgan fingerprint density at radius 1 is 1.29 bits per heavy atom. The Morgan fingerprint density at radius 3 is 2.62 bits per heavy atom. The van der Waals surface area contributed by atoms with Gasteiger partial charge in [-0.25, -0.2) is 9.59 Å². The summed E-state index contributed by atoms with van der Waals surface area (Å²) in [7, 11) is 0. The number of aliphatic hydroxyl groups excluding tert-OH is 1. The summed E-state index contributed by atoms with van der Waals surface area (Å²) >= 11 is 0. The molecule has 114 valence electrons. The van der Waals surface area contributed by atoms with E-state index >= 15 is 0 Å². The van der Waals surface area contributed by atoms with Gasteiger partial charge in [-0.3, -0.25) is 0 Å². The largest absolute Gasteiger partial charge is 0.465 e. The lowest BCUT2D eigenvalue weighted by atomic mass is 10.1. The number of carbonyl (C=O) groups is 2. The Labute approximate surface area is 122 Å². The predicted molar refractivity (Wildman–Crippen MR) is 73.7 cm³/mol. The lowest BCUT2D eigenvalue weighted by Gasteiger charge is -2.14. The van der Waals surface area contributed by atoms with Crippen LogP contribution < -0.4 is 5.32 Å². The number of nitrogens with one attached hydrogen (secondary N) is 1. The number of hydrogen-bond acceptors (Lipinski definition) is 4. The number of amides is 2. The maximum atomic E-state index is 11.6. The molecule has 2 atom stereocenters. The van der Waals surface area contributed by atoms with Crippen LogP contribution in [0.5, 0.6) is 0 Å². The fourth-order valence-corrected chi connectivity index (χ4v) is 2.20. The van der Waals surface area contributed by atoms with Crippen molar-refractivity contribution in [2.75, 3.05) is 19.6 Å². The molecule has 1 aromatic carbocycles. The molecule has 2 amide bonds. The molecular formula is C14H18N2O5. The van der Waals surface area contributed by atoms with E-state index in [4.69, 9.17) is 9.84 Å². The molecule has 0 aromatic heterocycles. The van der Waals surface area contributed by atoms with Crippen LogP contribution in [0.15, 0.2) is 30.3 Å². The Balaban J connectivity index is 1.71. The van der Waals surface area contributed by atoms with Crippen LogP contribution in [0.3, 0.4) is 0 Å². The minimum absolute atomic E-state index is 0.0702. The molecular weight excluding hydrogens is 276 g/mol. The smallest absolute Gasteiger partial charge is 0.407 e. The summed E-state index contributed by atoms with van der Waals surface area (Å²) in [5, 5.41) is 21.1. The molecule has 3 N–H and O–H groups in total. The van der Waals surface area contributed by atoms with Gasteiger partial charge in [0, 0.05) is 19.0 Å². The molecule has 0 saturated carbocycles. The summed E-state index contributed by atoms with van der Waals surface area (Å²) in [5.41, 5.74) is 0.880. The monoisotopic (exact) mass is 294 g/mol. The molecule has 1 aliphatic rings. The Morgan fingerprint density at radius 2 is 2.00 bits per heavy atom. The average Bonchev–Trinajstić information content (AvgIpc) is 2.85. The number of aliphatic hydroxyl groups is 1. The average molecular weight is 294 g/mol. The van der Waals surface area contributed by atoms with Gasteiger partial charge in [0.1, 0.15) is 6.61 Å². The molecule has 1 unspecified atom stereocenters. The van der Waals surface area contributed by atoms with Crippen molar-refractivity contribution in [3.63, 3.8) is 0 Å². The summed E-state index contributed by atoms with van der Waals surface area (Å²) in [4.78, 5) is 23.5. The molecule has 0 bridgehead atoms. The van der Waals surface area contributed by atoms with E-state index in [1.807, 2.05) is 30.3 Å². The molecule has 1 saturated heterocycles. The Kier molecular flexibility index (Phi) is 4.99. The third-order valence-electron chi connectivity index (χ3n) is 3.40. The number of carbonyl (C=O) groups excluding carboxylic acids is 1. The van der Waals surface area contributed by atoms with E-state index in [0.29, 0.717) is 0 Å². The van der Waals surface area contributed by atoms with Gasteiger partial charge in [-0.2, -0.15) is 0 Å². The van der Waals surface area contributed by atoms with Gasteiger partial charge in [-0.1, -0.05) is 30.3 Å². The van der Waals surface area contributed by atoms with Gasteiger partial charge in [0.2, 0.25) is 0 Å². The summed E-state index contributed by atoms with van der Waals surface area (Å²) in [6, 6.07) is 9.27. The third-order valence-corrected chi connectivity index (χ3v) is 3.40. The van der Waals surface area contributed by atoms with Crippen molar-refractivity contribution in [1.82, 2.24) is 10.2 Å². The lowest BCUT2D eigenvalue weighted by molar-refractivity contribution is 0.122. The van der Waals surface area contributed by atoms with Crippen molar-refractivity contribution in [3.05, 3.63) is 35.9 Å². The number of nitrogens with zero attached hydrogens (tertiary/aromatic N) is 1. The molecule has 7 heteroatoms. The van der Waals surface area contributed by atoms with Crippen LogP contribution in [0.2, 0.25) is 0 Å². The molecule has 1 heterocycles. The third kappa shape index (κ3) is 4.35. The normalized spacial score (nSPS) is 21.1. The number of carboxylic acid groups (broad SMARTS) is 1. The van der Waals surface area contributed by atoms with Crippen molar-refractivity contribution in [3.8, 4) is 0 Å². The van der Waals surface area contributed by atoms with Crippen LogP contribution in [-0.4, -0.2) is 53.0 Å². The Hall–Kier alpha value is -2.28. The first-order valence-corrected chi connectivity index (χ1v) is 6.66. The number of ether oxygens (including phenoxy) is 1. The Bertz CT molecular complexity index is 493. The fraction of sp³-hybridized carbons (Fsp3) is 0.429. The van der Waals surface area contributed by atoms with Gasteiger partial charge in [0.05, 0.1) is 12.6 Å². The van der Waals surface area contributed by atoms with Crippen molar-refractivity contribution in [2.24, 2.45) is 5.92 Å². The van der Waals surface area contributed by atoms with Crippen LogP contribution in [0, 0.1) is 5.92 Å². The van der Waals surface area contributed by atoms with Crippen molar-refractivity contribution < 1.29 is 24.5 Å². The van der Waals surface area contributed by atoms with Gasteiger partial charge in [-0.05, 0) is 5.56 Å². The van der Waals surface area contributed by atoms with Crippen molar-refractivity contribution in [2.45, 2.75) is 12.7 Å². The van der Waals surface area contributed by atoms with Gasteiger partial charge < -0.3 is 25.2 Å². The van der Waals surface area contributed by atoms with Crippen LogP contribution in [0.1, 0.15) is 5.56 Å². The van der Waals surface area contributed by atoms with Crippen LogP contribution in [-0.2, 0) is 11.3 Å².